The predicted molar refractivity (Wildman–Crippen MR) is 47.5 cm³/mol. The van der Waals surface area contributed by atoms with Crippen LogP contribution >= 0.6 is 0 Å². The molecule has 0 atom stereocenters. The first-order valence-electron chi connectivity index (χ1n) is 3.24. The molecule has 0 heterocycles. The largest absolute Gasteiger partial charge is 1.00 e. The van der Waals surface area contributed by atoms with Crippen LogP contribution in [0.1, 0.15) is 6.99 Å². The van der Waals surface area contributed by atoms with Crippen LogP contribution in [0.3, 0.4) is 0 Å². The Balaban J connectivity index is 0. The second-order valence-electron chi connectivity index (χ2n) is 2.22. The van der Waals surface area contributed by atoms with Gasteiger partial charge in [-0.25, -0.2) is 0 Å². The van der Waals surface area contributed by atoms with Gasteiger partial charge in [-0.1, -0.05) is 30.9 Å². The van der Waals surface area contributed by atoms with Gasteiger partial charge in [0.05, 0.1) is 0 Å². The van der Waals surface area contributed by atoms with Gasteiger partial charge in [-0.3, -0.25) is 4.55 Å². The number of hydrogen-bond acceptors (Lipinski definition) is 2. The molecule has 1 N–H and O–H groups in total. The summed E-state index contributed by atoms with van der Waals surface area (Å²) in [5.41, 5.74) is 0.403. The summed E-state index contributed by atoms with van der Waals surface area (Å²) in [5, 5.41) is 0. The van der Waals surface area contributed by atoms with E-state index in [9.17, 15) is 8.42 Å². The molecule has 0 saturated carbocycles. The Morgan fingerprint density at radius 1 is 1.38 bits per heavy atom. The fourth-order valence-electron chi connectivity index (χ4n) is 0.884. The monoisotopic (exact) mass is 224 g/mol. The molecule has 0 unspecified atom stereocenters. The molecule has 13 heavy (non-hydrogen) atoms. The van der Waals surface area contributed by atoms with Crippen LogP contribution in [0.15, 0.2) is 35.7 Å². The molecule has 0 aromatic heterocycles. The van der Waals surface area contributed by atoms with Crippen LogP contribution in [-0.2, 0) is 10.1 Å². The fraction of sp³-hybridized carbons (Fsp3) is 0. The molecule has 66 valence electrons. The average molecular weight is 224 g/mol. The number of rotatable bonds is 2. The van der Waals surface area contributed by atoms with Crippen molar-refractivity contribution in [1.29, 1.82) is 0 Å². The normalized spacial score (nSPS) is 10.2. The molecule has 0 spiro atoms. The van der Waals surface area contributed by atoms with Gasteiger partial charge in [0.25, 0.3) is 10.1 Å². The molecule has 0 radical (unpaired) electrons. The molecular weight excluding hydrogens is 215 g/mol. The molecule has 0 aliphatic rings. The Labute approximate surface area is 122 Å². The van der Waals surface area contributed by atoms with Gasteiger partial charge >= 0.3 is 51.4 Å². The van der Waals surface area contributed by atoms with Crippen molar-refractivity contribution < 1.29 is 65.8 Å². The Morgan fingerprint density at radius 2 is 1.92 bits per heavy atom. The SMILES string of the molecule is C=Cc1ccccc1S(=O)(=O)O.[H-].[K+]. The minimum Gasteiger partial charge on any atom is -1.00 e. The topological polar surface area (TPSA) is 54.4 Å². The first-order chi connectivity index (χ1) is 5.55. The van der Waals surface area contributed by atoms with Crippen molar-refractivity contribution >= 4 is 16.2 Å². The van der Waals surface area contributed by atoms with Gasteiger partial charge in [0.2, 0.25) is 0 Å². The average Bonchev–Trinajstić information content (AvgIpc) is 2.03. The Morgan fingerprint density at radius 3 is 2.31 bits per heavy atom. The summed E-state index contributed by atoms with van der Waals surface area (Å²) in [7, 11) is -4.12. The minimum absolute atomic E-state index is 0. The molecule has 0 bridgehead atoms. The van der Waals surface area contributed by atoms with E-state index in [1.807, 2.05) is 0 Å². The van der Waals surface area contributed by atoms with E-state index in [0.29, 0.717) is 5.56 Å². The zero-order chi connectivity index (χ0) is 9.19. The van der Waals surface area contributed by atoms with E-state index in [4.69, 9.17) is 4.55 Å². The predicted octanol–water partition coefficient (Wildman–Crippen LogP) is -1.31. The maximum Gasteiger partial charge on any atom is 1.00 e. The van der Waals surface area contributed by atoms with E-state index in [1.165, 1.54) is 18.2 Å². The molecule has 5 heteroatoms. The van der Waals surface area contributed by atoms with E-state index in [2.05, 4.69) is 6.58 Å². The Hall–Kier alpha value is 0.506. The van der Waals surface area contributed by atoms with Crippen LogP contribution in [0.4, 0.5) is 0 Å². The van der Waals surface area contributed by atoms with Crippen LogP contribution in [0.2, 0.25) is 0 Å². The molecule has 0 aliphatic carbocycles. The molecule has 3 nitrogen and oxygen atoms in total. The second kappa shape index (κ2) is 5.40. The van der Waals surface area contributed by atoms with Crippen LogP contribution in [-0.4, -0.2) is 13.0 Å². The van der Waals surface area contributed by atoms with Gasteiger partial charge in [0, 0.05) is 0 Å². The van der Waals surface area contributed by atoms with Crippen LogP contribution in [0.5, 0.6) is 0 Å². The third-order valence-corrected chi connectivity index (χ3v) is 2.34. The maximum atomic E-state index is 10.7. The van der Waals surface area contributed by atoms with E-state index < -0.39 is 10.1 Å². The van der Waals surface area contributed by atoms with E-state index >= 15 is 0 Å². The summed E-state index contributed by atoms with van der Waals surface area (Å²) in [6.45, 7) is 3.43. The fourth-order valence-corrected chi connectivity index (χ4v) is 1.58. The maximum absolute atomic E-state index is 10.7. The van der Waals surface area contributed by atoms with Gasteiger partial charge in [-0.2, -0.15) is 8.42 Å². The standard InChI is InChI=1S/C8H8O3S.K.H/c1-2-7-5-3-4-6-8(7)12(9,10)11;;/h2-6H,1H2,(H,9,10,11);;/q;+1;-1. The van der Waals surface area contributed by atoms with Crippen molar-refractivity contribution in [2.24, 2.45) is 0 Å². The number of benzene rings is 1. The molecular formula is C8H9KO3S. The van der Waals surface area contributed by atoms with E-state index in [-0.39, 0.29) is 57.7 Å². The van der Waals surface area contributed by atoms with Gasteiger partial charge in [-0.05, 0) is 11.6 Å². The van der Waals surface area contributed by atoms with Crippen molar-refractivity contribution in [2.75, 3.05) is 0 Å². The van der Waals surface area contributed by atoms with Gasteiger partial charge < -0.3 is 1.43 Å². The number of hydrogen-bond donors (Lipinski definition) is 1. The Bertz CT molecular complexity index is 403. The van der Waals surface area contributed by atoms with Gasteiger partial charge in [0.1, 0.15) is 4.90 Å². The van der Waals surface area contributed by atoms with Crippen molar-refractivity contribution in [3.05, 3.63) is 36.4 Å². The summed E-state index contributed by atoms with van der Waals surface area (Å²) in [4.78, 5) is -0.111. The van der Waals surface area contributed by atoms with E-state index in [1.54, 1.807) is 12.1 Å². The minimum atomic E-state index is -4.12. The third-order valence-electron chi connectivity index (χ3n) is 1.42. The van der Waals surface area contributed by atoms with E-state index in [0.717, 1.165) is 0 Å². The van der Waals surface area contributed by atoms with Crippen LogP contribution < -0.4 is 51.4 Å². The van der Waals surface area contributed by atoms with Crippen molar-refractivity contribution in [2.45, 2.75) is 4.90 Å². The smallest absolute Gasteiger partial charge is 1.00 e. The van der Waals surface area contributed by atoms with Crippen molar-refractivity contribution in [3.8, 4) is 0 Å². The van der Waals surface area contributed by atoms with Crippen LogP contribution in [0, 0.1) is 0 Å². The van der Waals surface area contributed by atoms with Gasteiger partial charge in [-0.15, -0.1) is 0 Å². The quantitative estimate of drug-likeness (QED) is 0.501. The third kappa shape index (κ3) is 3.63. The molecule has 0 aliphatic heterocycles. The summed E-state index contributed by atoms with van der Waals surface area (Å²) in [6, 6.07) is 6.10. The summed E-state index contributed by atoms with van der Waals surface area (Å²) >= 11 is 0. The first kappa shape index (κ1) is 13.5. The molecule has 1 aromatic carbocycles. The van der Waals surface area contributed by atoms with Gasteiger partial charge in [0.15, 0.2) is 0 Å². The zero-order valence-corrected chi connectivity index (χ0v) is 11.2. The zero-order valence-electron chi connectivity index (χ0n) is 8.27. The molecule has 1 rings (SSSR count). The Kier molecular flexibility index (Phi) is 5.61. The molecule has 0 saturated heterocycles. The van der Waals surface area contributed by atoms with Crippen molar-refractivity contribution in [1.82, 2.24) is 0 Å². The molecule has 1 aromatic rings. The summed E-state index contributed by atoms with van der Waals surface area (Å²) < 4.78 is 30.2. The molecule has 0 fully saturated rings. The van der Waals surface area contributed by atoms with Crippen molar-refractivity contribution in [3.63, 3.8) is 0 Å². The first-order valence-corrected chi connectivity index (χ1v) is 4.68. The summed E-state index contributed by atoms with van der Waals surface area (Å²) in [6.07, 6.45) is 1.38. The van der Waals surface area contributed by atoms with Crippen LogP contribution in [0.25, 0.3) is 6.08 Å². The molecule has 0 amide bonds. The summed E-state index contributed by atoms with van der Waals surface area (Å²) in [5.74, 6) is 0. The second-order valence-corrected chi connectivity index (χ2v) is 3.61.